The van der Waals surface area contributed by atoms with Crippen molar-refractivity contribution in [3.05, 3.63) is 35.9 Å². The summed E-state index contributed by atoms with van der Waals surface area (Å²) in [6.45, 7) is 4.27. The lowest BCUT2D eigenvalue weighted by atomic mass is 10.0. The molecule has 0 fully saturated rings. The Balaban J connectivity index is 0.00000361. The van der Waals surface area contributed by atoms with Crippen molar-refractivity contribution in [2.75, 3.05) is 6.54 Å². The van der Waals surface area contributed by atoms with Crippen LogP contribution in [0.1, 0.15) is 38.3 Å². The van der Waals surface area contributed by atoms with Gasteiger partial charge in [0.05, 0.1) is 6.10 Å². The highest BCUT2D eigenvalue weighted by molar-refractivity contribution is 5.85. The summed E-state index contributed by atoms with van der Waals surface area (Å²) in [6, 6.07) is 9.23. The van der Waals surface area contributed by atoms with E-state index in [4.69, 9.17) is 5.73 Å². The van der Waals surface area contributed by atoms with E-state index in [0.29, 0.717) is 0 Å². The van der Waals surface area contributed by atoms with Gasteiger partial charge in [0, 0.05) is 19.0 Å². The molecule has 1 rings (SSSR count). The number of carbonyl (C=O) groups is 1. The first kappa shape index (κ1) is 18.9. The van der Waals surface area contributed by atoms with Gasteiger partial charge in [-0.25, -0.2) is 0 Å². The van der Waals surface area contributed by atoms with Gasteiger partial charge in [0.25, 0.3) is 0 Å². The van der Waals surface area contributed by atoms with Crippen molar-refractivity contribution in [2.24, 2.45) is 11.7 Å². The lowest BCUT2D eigenvalue weighted by Crippen LogP contribution is -2.36. The van der Waals surface area contributed by atoms with E-state index in [1.807, 2.05) is 44.2 Å². The van der Waals surface area contributed by atoms with Crippen molar-refractivity contribution >= 4 is 18.3 Å². The molecule has 0 saturated heterocycles. The van der Waals surface area contributed by atoms with Gasteiger partial charge in [-0.1, -0.05) is 50.6 Å². The zero-order chi connectivity index (χ0) is 14.3. The average Bonchev–Trinajstić information content (AvgIpc) is 2.44. The van der Waals surface area contributed by atoms with Crippen molar-refractivity contribution in [2.45, 2.75) is 38.8 Å². The third-order valence-corrected chi connectivity index (χ3v) is 3.44. The van der Waals surface area contributed by atoms with Crippen LogP contribution in [-0.4, -0.2) is 23.7 Å². The van der Waals surface area contributed by atoms with Gasteiger partial charge in [0.1, 0.15) is 0 Å². The Hall–Kier alpha value is -1.10. The van der Waals surface area contributed by atoms with Crippen LogP contribution >= 0.6 is 12.4 Å². The maximum atomic E-state index is 11.7. The van der Waals surface area contributed by atoms with Gasteiger partial charge in [0.2, 0.25) is 5.91 Å². The fraction of sp³-hybridized carbons (Fsp3) is 0.533. The zero-order valence-electron chi connectivity index (χ0n) is 12.1. The number of benzene rings is 1. The molecular formula is C15H25ClN2O2. The van der Waals surface area contributed by atoms with Crippen molar-refractivity contribution in [1.29, 1.82) is 0 Å². The van der Waals surface area contributed by atoms with Crippen molar-refractivity contribution in [3.63, 3.8) is 0 Å². The normalized spacial score (nSPS) is 14.8. The molecule has 4 N–H and O–H groups in total. The summed E-state index contributed by atoms with van der Waals surface area (Å²) in [6.07, 6.45) is 0.625. The number of hydrogen-bond acceptors (Lipinski definition) is 3. The predicted molar refractivity (Wildman–Crippen MR) is 83.7 cm³/mol. The van der Waals surface area contributed by atoms with Gasteiger partial charge in [-0.3, -0.25) is 4.79 Å². The Labute approximate surface area is 127 Å². The molecule has 0 spiro atoms. The second-order valence-electron chi connectivity index (χ2n) is 4.98. The van der Waals surface area contributed by atoms with Crippen LogP contribution in [0.5, 0.6) is 0 Å². The standard InChI is InChI=1S/C15H24N2O2.ClH/c1-3-11(2)14(18)10-17-15(19)9-13(16)12-7-5-4-6-8-12;/h4-8,11,13-14,18H,3,9-10,16H2,1-2H3,(H,17,19);1H. The van der Waals surface area contributed by atoms with Crippen LogP contribution < -0.4 is 11.1 Å². The Kier molecular flexibility index (Phi) is 9.21. The number of amides is 1. The van der Waals surface area contributed by atoms with E-state index in [1.54, 1.807) is 0 Å². The van der Waals surface area contributed by atoms with Crippen LogP contribution in [0.3, 0.4) is 0 Å². The third-order valence-electron chi connectivity index (χ3n) is 3.44. The fourth-order valence-electron chi connectivity index (χ4n) is 1.78. The molecule has 0 aromatic heterocycles. The van der Waals surface area contributed by atoms with Gasteiger partial charge >= 0.3 is 0 Å². The lowest BCUT2D eigenvalue weighted by molar-refractivity contribution is -0.122. The minimum atomic E-state index is -0.498. The Morgan fingerprint density at radius 1 is 1.35 bits per heavy atom. The number of carbonyl (C=O) groups excluding carboxylic acids is 1. The van der Waals surface area contributed by atoms with Gasteiger partial charge in [-0.2, -0.15) is 0 Å². The monoisotopic (exact) mass is 300 g/mol. The van der Waals surface area contributed by atoms with Crippen LogP contribution in [-0.2, 0) is 4.79 Å². The quantitative estimate of drug-likeness (QED) is 0.721. The SMILES string of the molecule is CCC(C)C(O)CNC(=O)CC(N)c1ccccc1.Cl. The first-order valence-corrected chi connectivity index (χ1v) is 6.79. The summed E-state index contributed by atoms with van der Waals surface area (Å²) in [7, 11) is 0. The van der Waals surface area contributed by atoms with Crippen LogP contribution in [0.4, 0.5) is 0 Å². The molecular weight excluding hydrogens is 276 g/mol. The smallest absolute Gasteiger partial charge is 0.221 e. The van der Waals surface area contributed by atoms with Crippen LogP contribution in [0.25, 0.3) is 0 Å². The fourth-order valence-corrected chi connectivity index (χ4v) is 1.78. The van der Waals surface area contributed by atoms with E-state index in [0.717, 1.165) is 12.0 Å². The highest BCUT2D eigenvalue weighted by Gasteiger charge is 2.15. The number of nitrogens with one attached hydrogen (secondary N) is 1. The number of aliphatic hydroxyl groups excluding tert-OH is 1. The maximum Gasteiger partial charge on any atom is 0.221 e. The van der Waals surface area contributed by atoms with E-state index in [1.165, 1.54) is 0 Å². The molecule has 0 aliphatic heterocycles. The highest BCUT2D eigenvalue weighted by Crippen LogP contribution is 2.13. The summed E-state index contributed by atoms with van der Waals surface area (Å²) in [5.41, 5.74) is 6.91. The van der Waals surface area contributed by atoms with E-state index in [-0.39, 0.29) is 43.2 Å². The van der Waals surface area contributed by atoms with Crippen molar-refractivity contribution < 1.29 is 9.90 Å². The highest BCUT2D eigenvalue weighted by atomic mass is 35.5. The minimum Gasteiger partial charge on any atom is -0.391 e. The Morgan fingerprint density at radius 3 is 2.50 bits per heavy atom. The first-order valence-electron chi connectivity index (χ1n) is 6.79. The first-order chi connectivity index (χ1) is 9.04. The van der Waals surface area contributed by atoms with E-state index >= 15 is 0 Å². The van der Waals surface area contributed by atoms with Gasteiger partial charge < -0.3 is 16.2 Å². The maximum absolute atomic E-state index is 11.7. The molecule has 0 radical (unpaired) electrons. The summed E-state index contributed by atoms with van der Waals surface area (Å²) in [5, 5.41) is 12.5. The summed E-state index contributed by atoms with van der Waals surface area (Å²) in [5.74, 6) is 0.0572. The molecule has 1 amide bonds. The molecule has 0 aliphatic rings. The Bertz CT molecular complexity index is 387. The second-order valence-corrected chi connectivity index (χ2v) is 4.98. The van der Waals surface area contributed by atoms with E-state index in [2.05, 4.69) is 5.32 Å². The lowest BCUT2D eigenvalue weighted by Gasteiger charge is -2.18. The summed E-state index contributed by atoms with van der Waals surface area (Å²) < 4.78 is 0. The number of rotatable bonds is 7. The molecule has 1 aromatic rings. The molecule has 5 heteroatoms. The predicted octanol–water partition coefficient (Wildman–Crippen LogP) is 2.02. The molecule has 1 aromatic carbocycles. The molecule has 0 bridgehead atoms. The number of hydrogen-bond donors (Lipinski definition) is 3. The molecule has 0 aliphatic carbocycles. The summed E-state index contributed by atoms with van der Waals surface area (Å²) in [4.78, 5) is 11.7. The number of halogens is 1. The zero-order valence-corrected chi connectivity index (χ0v) is 12.9. The molecule has 4 nitrogen and oxygen atoms in total. The molecule has 3 atom stereocenters. The number of nitrogens with two attached hydrogens (primary N) is 1. The van der Waals surface area contributed by atoms with Gasteiger partial charge in [-0.15, -0.1) is 12.4 Å². The van der Waals surface area contributed by atoms with Crippen molar-refractivity contribution in [1.82, 2.24) is 5.32 Å². The van der Waals surface area contributed by atoms with Crippen LogP contribution in [0.15, 0.2) is 30.3 Å². The van der Waals surface area contributed by atoms with Crippen LogP contribution in [0.2, 0.25) is 0 Å². The molecule has 3 unspecified atom stereocenters. The minimum absolute atomic E-state index is 0. The summed E-state index contributed by atoms with van der Waals surface area (Å²) >= 11 is 0. The topological polar surface area (TPSA) is 75.3 Å². The van der Waals surface area contributed by atoms with Gasteiger partial charge in [-0.05, 0) is 11.5 Å². The largest absolute Gasteiger partial charge is 0.391 e. The van der Waals surface area contributed by atoms with E-state index < -0.39 is 6.10 Å². The third kappa shape index (κ3) is 6.37. The second kappa shape index (κ2) is 9.75. The van der Waals surface area contributed by atoms with Gasteiger partial charge in [0.15, 0.2) is 0 Å². The molecule has 0 heterocycles. The Morgan fingerprint density at radius 2 is 1.95 bits per heavy atom. The molecule has 114 valence electrons. The van der Waals surface area contributed by atoms with E-state index in [9.17, 15) is 9.90 Å². The van der Waals surface area contributed by atoms with Crippen molar-refractivity contribution in [3.8, 4) is 0 Å². The van der Waals surface area contributed by atoms with Crippen LogP contribution in [0, 0.1) is 5.92 Å². The average molecular weight is 301 g/mol. The number of aliphatic hydroxyl groups is 1. The molecule has 20 heavy (non-hydrogen) atoms. The molecule has 0 saturated carbocycles.